The van der Waals surface area contributed by atoms with Crippen molar-refractivity contribution in [1.29, 1.82) is 0 Å². The van der Waals surface area contributed by atoms with E-state index in [0.29, 0.717) is 13.1 Å². The summed E-state index contributed by atoms with van der Waals surface area (Å²) in [5.41, 5.74) is 8.08. The van der Waals surface area contributed by atoms with Crippen LogP contribution in [0.15, 0.2) is 48.7 Å². The predicted octanol–water partition coefficient (Wildman–Crippen LogP) is 3.43. The first kappa shape index (κ1) is 12.8. The zero-order valence-corrected chi connectivity index (χ0v) is 10.8. The summed E-state index contributed by atoms with van der Waals surface area (Å²) >= 11 is 0. The van der Waals surface area contributed by atoms with Crippen LogP contribution in [0.1, 0.15) is 11.1 Å². The zero-order valence-electron chi connectivity index (χ0n) is 10.8. The van der Waals surface area contributed by atoms with Gasteiger partial charge in [0.25, 0.3) is 0 Å². The van der Waals surface area contributed by atoms with Crippen molar-refractivity contribution in [3.8, 4) is 0 Å². The number of aromatic nitrogens is 1. The third-order valence-corrected chi connectivity index (χ3v) is 3.34. The molecular formula is C16H14F2N2. The fraction of sp³-hybridized carbons (Fsp3) is 0.125. The van der Waals surface area contributed by atoms with Crippen LogP contribution in [0.3, 0.4) is 0 Å². The summed E-state index contributed by atoms with van der Waals surface area (Å²) in [6, 6.07) is 11.3. The van der Waals surface area contributed by atoms with Gasteiger partial charge in [-0.25, -0.2) is 8.78 Å². The standard InChI is InChI=1S/C16H14F2N2/c17-14-1-2-16-13(8-14)3-4-20(16)10-12-5-11(9-19)6-15(18)7-12/h1-8H,9-10,19H2. The fourth-order valence-corrected chi connectivity index (χ4v) is 2.43. The molecule has 0 atom stereocenters. The van der Waals surface area contributed by atoms with Crippen molar-refractivity contribution in [1.82, 2.24) is 4.57 Å². The lowest BCUT2D eigenvalue weighted by molar-refractivity contribution is 0.621. The second-order valence-corrected chi connectivity index (χ2v) is 4.82. The van der Waals surface area contributed by atoms with Gasteiger partial charge in [-0.1, -0.05) is 6.07 Å². The van der Waals surface area contributed by atoms with E-state index in [0.717, 1.165) is 22.0 Å². The maximum atomic E-state index is 13.5. The molecule has 3 aromatic rings. The zero-order chi connectivity index (χ0) is 14.1. The first-order valence-corrected chi connectivity index (χ1v) is 6.38. The van der Waals surface area contributed by atoms with Crippen LogP contribution < -0.4 is 5.73 Å². The number of hydrogen-bond acceptors (Lipinski definition) is 1. The van der Waals surface area contributed by atoms with Crippen LogP contribution in [0.2, 0.25) is 0 Å². The number of hydrogen-bond donors (Lipinski definition) is 1. The Morgan fingerprint density at radius 2 is 1.70 bits per heavy atom. The molecule has 1 heterocycles. The molecule has 0 fully saturated rings. The first-order valence-electron chi connectivity index (χ1n) is 6.38. The van der Waals surface area contributed by atoms with Crippen molar-refractivity contribution < 1.29 is 8.78 Å². The Hall–Kier alpha value is -2.20. The molecule has 0 radical (unpaired) electrons. The average molecular weight is 272 g/mol. The van der Waals surface area contributed by atoms with E-state index < -0.39 is 0 Å². The van der Waals surface area contributed by atoms with Gasteiger partial charge in [0.2, 0.25) is 0 Å². The molecule has 0 aliphatic rings. The van der Waals surface area contributed by atoms with Crippen molar-refractivity contribution in [3.05, 3.63) is 71.4 Å². The Balaban J connectivity index is 1.99. The molecule has 0 saturated heterocycles. The van der Waals surface area contributed by atoms with Gasteiger partial charge in [0.1, 0.15) is 11.6 Å². The smallest absolute Gasteiger partial charge is 0.123 e. The van der Waals surface area contributed by atoms with Gasteiger partial charge in [-0.05, 0) is 47.5 Å². The molecule has 0 aliphatic carbocycles. The number of nitrogens with two attached hydrogens (primary N) is 1. The van der Waals surface area contributed by atoms with Gasteiger partial charge in [-0.3, -0.25) is 0 Å². The molecule has 3 rings (SSSR count). The second kappa shape index (κ2) is 5.06. The minimum Gasteiger partial charge on any atom is -0.343 e. The molecule has 2 aromatic carbocycles. The summed E-state index contributed by atoms with van der Waals surface area (Å²) < 4.78 is 28.6. The number of nitrogens with zero attached hydrogens (tertiary/aromatic N) is 1. The van der Waals surface area contributed by atoms with Crippen LogP contribution in [0.4, 0.5) is 8.78 Å². The van der Waals surface area contributed by atoms with E-state index in [4.69, 9.17) is 5.73 Å². The van der Waals surface area contributed by atoms with Gasteiger partial charge in [-0.2, -0.15) is 0 Å². The summed E-state index contributed by atoms with van der Waals surface area (Å²) in [5, 5.41) is 0.834. The van der Waals surface area contributed by atoms with E-state index >= 15 is 0 Å². The summed E-state index contributed by atoms with van der Waals surface area (Å²) in [6.45, 7) is 0.836. The normalized spacial score (nSPS) is 11.2. The second-order valence-electron chi connectivity index (χ2n) is 4.82. The molecule has 0 amide bonds. The van der Waals surface area contributed by atoms with Crippen LogP contribution in [-0.2, 0) is 13.1 Å². The van der Waals surface area contributed by atoms with Crippen molar-refractivity contribution in [2.75, 3.05) is 0 Å². The topological polar surface area (TPSA) is 30.9 Å². The monoisotopic (exact) mass is 272 g/mol. The first-order chi connectivity index (χ1) is 9.65. The van der Waals surface area contributed by atoms with Crippen LogP contribution in [0, 0.1) is 11.6 Å². The highest BCUT2D eigenvalue weighted by molar-refractivity contribution is 5.80. The maximum Gasteiger partial charge on any atom is 0.123 e. The SMILES string of the molecule is NCc1cc(F)cc(Cn2ccc3cc(F)ccc32)c1. The molecule has 102 valence electrons. The lowest BCUT2D eigenvalue weighted by Crippen LogP contribution is -2.02. The van der Waals surface area contributed by atoms with Crippen molar-refractivity contribution in [2.45, 2.75) is 13.1 Å². The van der Waals surface area contributed by atoms with Gasteiger partial charge < -0.3 is 10.3 Å². The average Bonchev–Trinajstić information content (AvgIpc) is 2.80. The van der Waals surface area contributed by atoms with Crippen molar-refractivity contribution >= 4 is 10.9 Å². The van der Waals surface area contributed by atoms with Gasteiger partial charge in [0.05, 0.1) is 0 Å². The van der Waals surface area contributed by atoms with Crippen molar-refractivity contribution in [3.63, 3.8) is 0 Å². The minimum atomic E-state index is -0.287. The number of halogens is 2. The van der Waals surface area contributed by atoms with Gasteiger partial charge in [0.15, 0.2) is 0 Å². The summed E-state index contributed by atoms with van der Waals surface area (Å²) in [5.74, 6) is -0.545. The highest BCUT2D eigenvalue weighted by Crippen LogP contribution is 2.19. The quantitative estimate of drug-likeness (QED) is 0.778. The number of fused-ring (bicyclic) bond motifs is 1. The van der Waals surface area contributed by atoms with Crippen LogP contribution in [-0.4, -0.2) is 4.57 Å². The maximum absolute atomic E-state index is 13.5. The molecule has 0 bridgehead atoms. The predicted molar refractivity (Wildman–Crippen MR) is 75.3 cm³/mol. The number of rotatable bonds is 3. The van der Waals surface area contributed by atoms with E-state index in [1.54, 1.807) is 6.07 Å². The van der Waals surface area contributed by atoms with E-state index in [1.807, 2.05) is 22.9 Å². The molecule has 1 aromatic heterocycles. The van der Waals surface area contributed by atoms with Crippen molar-refractivity contribution in [2.24, 2.45) is 5.73 Å². The highest BCUT2D eigenvalue weighted by atomic mass is 19.1. The van der Waals surface area contributed by atoms with Gasteiger partial charge in [0, 0.05) is 30.2 Å². The highest BCUT2D eigenvalue weighted by Gasteiger charge is 2.05. The lowest BCUT2D eigenvalue weighted by atomic mass is 10.1. The minimum absolute atomic E-state index is 0.258. The van der Waals surface area contributed by atoms with E-state index in [-0.39, 0.29) is 11.6 Å². The van der Waals surface area contributed by atoms with Crippen LogP contribution in [0.5, 0.6) is 0 Å². The van der Waals surface area contributed by atoms with Gasteiger partial charge >= 0.3 is 0 Å². The van der Waals surface area contributed by atoms with Crippen LogP contribution >= 0.6 is 0 Å². The third-order valence-electron chi connectivity index (χ3n) is 3.34. The molecule has 4 heteroatoms. The summed E-state index contributed by atoms with van der Waals surface area (Å²) in [7, 11) is 0. The molecule has 0 unspecified atom stereocenters. The largest absolute Gasteiger partial charge is 0.343 e. The fourth-order valence-electron chi connectivity index (χ4n) is 2.43. The van der Waals surface area contributed by atoms with Gasteiger partial charge in [-0.15, -0.1) is 0 Å². The van der Waals surface area contributed by atoms with E-state index in [2.05, 4.69) is 0 Å². The third kappa shape index (κ3) is 2.42. The molecule has 0 aliphatic heterocycles. The van der Waals surface area contributed by atoms with E-state index in [9.17, 15) is 8.78 Å². The Labute approximate surface area is 115 Å². The molecule has 0 saturated carbocycles. The molecular weight excluding hydrogens is 258 g/mol. The Bertz CT molecular complexity index is 762. The van der Waals surface area contributed by atoms with Crippen LogP contribution in [0.25, 0.3) is 10.9 Å². The Morgan fingerprint density at radius 1 is 0.900 bits per heavy atom. The molecule has 2 nitrogen and oxygen atoms in total. The number of benzene rings is 2. The summed E-state index contributed by atoms with van der Waals surface area (Å²) in [6.07, 6.45) is 1.87. The molecule has 20 heavy (non-hydrogen) atoms. The molecule has 2 N–H and O–H groups in total. The Morgan fingerprint density at radius 3 is 2.50 bits per heavy atom. The summed E-state index contributed by atoms with van der Waals surface area (Å²) in [4.78, 5) is 0. The Kier molecular flexibility index (Phi) is 3.24. The van der Waals surface area contributed by atoms with E-state index in [1.165, 1.54) is 24.3 Å². The lowest BCUT2D eigenvalue weighted by Gasteiger charge is -2.08. The molecule has 0 spiro atoms.